The minimum Gasteiger partial charge on any atom is -0.483 e. The topological polar surface area (TPSA) is 127 Å². The maximum absolute atomic E-state index is 11.6. The highest BCUT2D eigenvalue weighted by molar-refractivity contribution is 6.29. The predicted octanol–water partition coefficient (Wildman–Crippen LogP) is 3.71. The molecule has 2 aliphatic heterocycles. The van der Waals surface area contributed by atoms with Gasteiger partial charge in [0.1, 0.15) is 34.8 Å². The summed E-state index contributed by atoms with van der Waals surface area (Å²) in [5.41, 5.74) is 3.30. The van der Waals surface area contributed by atoms with Gasteiger partial charge in [-0.3, -0.25) is 4.90 Å². The van der Waals surface area contributed by atoms with Gasteiger partial charge in [-0.15, -0.1) is 0 Å². The zero-order chi connectivity index (χ0) is 25.0. The van der Waals surface area contributed by atoms with Crippen molar-refractivity contribution in [2.24, 2.45) is 0 Å². The van der Waals surface area contributed by atoms with Crippen molar-refractivity contribution in [1.29, 1.82) is 0 Å². The molecule has 6 heterocycles. The average molecular weight is 508 g/mol. The lowest BCUT2D eigenvalue weighted by Crippen LogP contribution is -2.42. The van der Waals surface area contributed by atoms with Gasteiger partial charge >= 0.3 is 6.09 Å². The Morgan fingerprint density at radius 2 is 2.08 bits per heavy atom. The van der Waals surface area contributed by atoms with E-state index < -0.39 is 12.2 Å². The number of anilines is 2. The highest BCUT2D eigenvalue weighted by atomic mass is 35.5. The van der Waals surface area contributed by atoms with Crippen LogP contribution in [0.2, 0.25) is 5.15 Å². The van der Waals surface area contributed by atoms with Gasteiger partial charge in [0.25, 0.3) is 0 Å². The van der Waals surface area contributed by atoms with Gasteiger partial charge in [0.2, 0.25) is 0 Å². The van der Waals surface area contributed by atoms with Crippen LogP contribution in [0.15, 0.2) is 42.7 Å². The molecule has 36 heavy (non-hydrogen) atoms. The van der Waals surface area contributed by atoms with Gasteiger partial charge in [-0.2, -0.15) is 5.10 Å². The Hall–Kier alpha value is -3.96. The largest absolute Gasteiger partial charge is 0.483 e. The van der Waals surface area contributed by atoms with Crippen LogP contribution in [0.3, 0.4) is 0 Å². The molecule has 0 spiro atoms. The third-order valence-electron chi connectivity index (χ3n) is 6.34. The van der Waals surface area contributed by atoms with Crippen molar-refractivity contribution < 1.29 is 19.4 Å². The number of amides is 1. The Bertz CT molecular complexity index is 1470. The van der Waals surface area contributed by atoms with Crippen LogP contribution in [0.5, 0.6) is 5.75 Å². The van der Waals surface area contributed by atoms with Gasteiger partial charge in [-0.25, -0.2) is 24.3 Å². The first-order valence-electron chi connectivity index (χ1n) is 11.4. The van der Waals surface area contributed by atoms with Crippen molar-refractivity contribution in [1.82, 2.24) is 29.5 Å². The van der Waals surface area contributed by atoms with E-state index in [0.29, 0.717) is 35.0 Å². The highest BCUT2D eigenvalue weighted by Gasteiger charge is 2.52. The van der Waals surface area contributed by atoms with E-state index in [1.54, 1.807) is 16.8 Å². The molecule has 2 N–H and O–H groups in total. The summed E-state index contributed by atoms with van der Waals surface area (Å²) in [6, 6.07) is 9.01. The fourth-order valence-electron chi connectivity index (χ4n) is 4.81. The molecule has 2 fully saturated rings. The van der Waals surface area contributed by atoms with Crippen LogP contribution in [0, 0.1) is 13.8 Å². The predicted molar refractivity (Wildman–Crippen MR) is 131 cm³/mol. The summed E-state index contributed by atoms with van der Waals surface area (Å²) in [5.74, 6) is 2.50. The number of rotatable bonds is 5. The van der Waals surface area contributed by atoms with Crippen molar-refractivity contribution in [3.63, 3.8) is 0 Å². The van der Waals surface area contributed by atoms with E-state index in [0.717, 1.165) is 22.3 Å². The second-order valence-electron chi connectivity index (χ2n) is 8.84. The first kappa shape index (κ1) is 22.5. The molecule has 2 bridgehead atoms. The minimum absolute atomic E-state index is 0.282. The molecular weight excluding hydrogens is 486 g/mol. The first-order chi connectivity index (χ1) is 17.3. The fraction of sp³-hybridized carbons (Fsp3) is 0.292. The van der Waals surface area contributed by atoms with Crippen molar-refractivity contribution in [3.05, 3.63) is 59.4 Å². The van der Waals surface area contributed by atoms with E-state index in [4.69, 9.17) is 21.1 Å². The van der Waals surface area contributed by atoms with Crippen molar-refractivity contribution >= 4 is 34.8 Å². The maximum Gasteiger partial charge on any atom is 0.407 e. The number of carboxylic acid groups (broad SMARTS) is 1. The summed E-state index contributed by atoms with van der Waals surface area (Å²) in [6.07, 6.45) is 1.69. The molecule has 0 aliphatic carbocycles. The lowest BCUT2D eigenvalue weighted by Gasteiger charge is -2.23. The zero-order valence-corrected chi connectivity index (χ0v) is 20.2. The van der Waals surface area contributed by atoms with E-state index in [1.165, 1.54) is 4.90 Å². The third-order valence-corrected chi connectivity index (χ3v) is 6.55. The number of morpholine rings is 1. The average Bonchev–Trinajstić information content (AvgIpc) is 3.51. The molecule has 12 heteroatoms. The van der Waals surface area contributed by atoms with Crippen LogP contribution in [0.1, 0.15) is 11.5 Å². The molecule has 3 atom stereocenters. The summed E-state index contributed by atoms with van der Waals surface area (Å²) in [7, 11) is 0. The molecule has 3 unspecified atom stereocenters. The molecular formula is C24H22ClN7O4. The standard InChI is InChI=1S/C24H22ClN7O4/c1-12-5-21(28-13(2)27-12)29-22-7-15-6-14(3-4-32(15)30-22)16-8-20(25)26-9-18(16)36-23-17-11-35-19(23)10-31(17)24(33)34/h3-9,17,19,23H,10-11H2,1-2H3,(H,33,34)(H,27,28,29,30). The van der Waals surface area contributed by atoms with Crippen LogP contribution < -0.4 is 10.1 Å². The van der Waals surface area contributed by atoms with Crippen molar-refractivity contribution in [3.8, 4) is 16.9 Å². The highest BCUT2D eigenvalue weighted by Crippen LogP contribution is 2.37. The maximum atomic E-state index is 11.6. The summed E-state index contributed by atoms with van der Waals surface area (Å²) in [5, 5.41) is 17.6. The second kappa shape index (κ2) is 8.61. The SMILES string of the molecule is Cc1cc(Nc2cc3cc(-c4cc(Cl)ncc4OC4C5CN(C(=O)O)C4CO5)ccn3n2)nc(C)n1. The summed E-state index contributed by atoms with van der Waals surface area (Å²) < 4.78 is 13.8. The number of aryl methyl sites for hydroxylation is 2. The van der Waals surface area contributed by atoms with E-state index in [1.807, 2.05) is 44.3 Å². The molecule has 0 saturated carbocycles. The first-order valence-corrected chi connectivity index (χ1v) is 11.7. The number of hydrogen-bond donors (Lipinski definition) is 2. The molecule has 2 aliphatic rings. The number of halogens is 1. The zero-order valence-electron chi connectivity index (χ0n) is 19.4. The smallest absolute Gasteiger partial charge is 0.407 e. The lowest BCUT2D eigenvalue weighted by atomic mass is 10.1. The number of nitrogens with zero attached hydrogens (tertiary/aromatic N) is 6. The Morgan fingerprint density at radius 3 is 2.86 bits per heavy atom. The van der Waals surface area contributed by atoms with Gasteiger partial charge in [0.15, 0.2) is 5.82 Å². The number of ether oxygens (including phenoxy) is 2. The number of fused-ring (bicyclic) bond motifs is 3. The molecule has 11 nitrogen and oxygen atoms in total. The van der Waals surface area contributed by atoms with Gasteiger partial charge in [-0.05, 0) is 37.6 Å². The van der Waals surface area contributed by atoms with Gasteiger partial charge < -0.3 is 19.9 Å². The van der Waals surface area contributed by atoms with Crippen molar-refractivity contribution in [2.75, 3.05) is 18.5 Å². The fourth-order valence-corrected chi connectivity index (χ4v) is 4.96. The molecule has 6 rings (SSSR count). The number of hydrogen-bond acceptors (Lipinski definition) is 8. The lowest BCUT2D eigenvalue weighted by molar-refractivity contribution is 0.0271. The summed E-state index contributed by atoms with van der Waals surface area (Å²) in [6.45, 7) is 4.35. The summed E-state index contributed by atoms with van der Waals surface area (Å²) >= 11 is 6.24. The minimum atomic E-state index is -0.975. The van der Waals surface area contributed by atoms with Crippen LogP contribution in [0.4, 0.5) is 16.4 Å². The number of nitrogens with one attached hydrogen (secondary N) is 1. The number of carbonyl (C=O) groups is 1. The van der Waals surface area contributed by atoms with Gasteiger partial charge in [0.05, 0.1) is 30.9 Å². The molecule has 0 aromatic carbocycles. The monoisotopic (exact) mass is 507 g/mol. The van der Waals surface area contributed by atoms with Crippen molar-refractivity contribution in [2.45, 2.75) is 32.1 Å². The van der Waals surface area contributed by atoms with Crippen LogP contribution in [-0.2, 0) is 4.74 Å². The Balaban J connectivity index is 1.30. The Kier molecular flexibility index (Phi) is 5.38. The Labute approximate surface area is 210 Å². The molecule has 2 saturated heterocycles. The molecule has 4 aromatic rings. The van der Waals surface area contributed by atoms with Crippen LogP contribution in [0.25, 0.3) is 16.6 Å². The molecule has 4 aromatic heterocycles. The third kappa shape index (κ3) is 4.06. The van der Waals surface area contributed by atoms with E-state index in [-0.39, 0.29) is 18.7 Å². The number of likely N-dealkylation sites (tertiary alicyclic amines) is 1. The molecule has 1 amide bonds. The normalized spacial score (nSPS) is 20.8. The van der Waals surface area contributed by atoms with E-state index in [2.05, 4.69) is 25.4 Å². The van der Waals surface area contributed by atoms with Gasteiger partial charge in [0, 0.05) is 29.6 Å². The molecule has 0 radical (unpaired) electrons. The number of pyridine rings is 2. The van der Waals surface area contributed by atoms with Crippen LogP contribution >= 0.6 is 11.6 Å². The summed E-state index contributed by atoms with van der Waals surface area (Å²) in [4.78, 5) is 25.8. The van der Waals surface area contributed by atoms with Crippen LogP contribution in [-0.4, -0.2) is 72.1 Å². The Morgan fingerprint density at radius 1 is 1.22 bits per heavy atom. The number of aromatic nitrogens is 5. The van der Waals surface area contributed by atoms with Gasteiger partial charge in [-0.1, -0.05) is 11.6 Å². The molecule has 184 valence electrons. The second-order valence-corrected chi connectivity index (χ2v) is 9.23. The van der Waals surface area contributed by atoms with E-state index in [9.17, 15) is 9.90 Å². The quantitative estimate of drug-likeness (QED) is 0.388. The van der Waals surface area contributed by atoms with E-state index >= 15 is 0 Å².